The first-order valence-electron chi connectivity index (χ1n) is 5.10. The van der Waals surface area contributed by atoms with Gasteiger partial charge in [0.05, 0.1) is 6.04 Å². The lowest BCUT2D eigenvalue weighted by Gasteiger charge is -2.09. The molecule has 1 atom stereocenters. The predicted octanol–water partition coefficient (Wildman–Crippen LogP) is 2.12. The molecule has 2 aliphatic rings. The van der Waals surface area contributed by atoms with E-state index in [1.165, 1.54) is 11.1 Å². The van der Waals surface area contributed by atoms with E-state index in [4.69, 9.17) is 5.11 Å². The van der Waals surface area contributed by atoms with Crippen molar-refractivity contribution in [1.29, 1.82) is 0 Å². The van der Waals surface area contributed by atoms with E-state index in [1.54, 1.807) is 0 Å². The third-order valence-corrected chi connectivity index (χ3v) is 2.60. The number of hydrogen-bond acceptors (Lipinski definition) is 2. The van der Waals surface area contributed by atoms with Crippen LogP contribution in [0.3, 0.4) is 0 Å². The van der Waals surface area contributed by atoms with Gasteiger partial charge in [0.25, 0.3) is 0 Å². The van der Waals surface area contributed by atoms with E-state index in [1.807, 2.05) is 18.4 Å². The van der Waals surface area contributed by atoms with Crippen LogP contribution in [-0.4, -0.2) is 23.3 Å². The van der Waals surface area contributed by atoms with Crippen LogP contribution in [0.5, 0.6) is 0 Å². The van der Waals surface area contributed by atoms with Gasteiger partial charge in [0.15, 0.2) is 0 Å². The fourth-order valence-electron chi connectivity index (χ4n) is 1.84. The molecule has 78 valence electrons. The molecule has 0 saturated heterocycles. The van der Waals surface area contributed by atoms with Crippen LogP contribution >= 0.6 is 0 Å². The molecule has 0 saturated carbocycles. The second kappa shape index (κ2) is 4.26. The lowest BCUT2D eigenvalue weighted by molar-refractivity contribution is -0.137. The molecule has 0 radical (unpaired) electrons. The summed E-state index contributed by atoms with van der Waals surface area (Å²) in [5.74, 6) is -0.730. The Morgan fingerprint density at radius 1 is 1.47 bits per heavy atom. The molecule has 0 aromatic carbocycles. The maximum atomic E-state index is 10.4. The van der Waals surface area contributed by atoms with Gasteiger partial charge in [-0.25, -0.2) is 0 Å². The number of carboxylic acids is 1. The molecule has 3 heteroatoms. The third-order valence-electron chi connectivity index (χ3n) is 2.60. The first kappa shape index (κ1) is 9.90. The van der Waals surface area contributed by atoms with Crippen LogP contribution < -0.4 is 0 Å². The minimum atomic E-state index is -0.730. The minimum Gasteiger partial charge on any atom is -0.481 e. The summed E-state index contributed by atoms with van der Waals surface area (Å²) in [6, 6.07) is 0.176. The molecule has 1 aliphatic heterocycles. The second-order valence-electron chi connectivity index (χ2n) is 3.69. The van der Waals surface area contributed by atoms with Gasteiger partial charge in [-0.1, -0.05) is 24.3 Å². The van der Waals surface area contributed by atoms with Crippen molar-refractivity contribution in [2.45, 2.75) is 25.3 Å². The Hall–Kier alpha value is -1.64. The molecule has 1 unspecified atom stereocenters. The van der Waals surface area contributed by atoms with Crippen LogP contribution in [0.4, 0.5) is 0 Å². The van der Waals surface area contributed by atoms with Crippen LogP contribution in [0.25, 0.3) is 0 Å². The molecule has 1 N–H and O–H groups in total. The van der Waals surface area contributed by atoms with Gasteiger partial charge in [-0.2, -0.15) is 0 Å². The number of carboxylic acid groups (broad SMARTS) is 1. The number of allylic oxidation sites excluding steroid dienone is 3. The molecule has 0 bridgehead atoms. The maximum Gasteiger partial charge on any atom is 0.303 e. The Labute approximate surface area is 88.5 Å². The lowest BCUT2D eigenvalue weighted by Crippen LogP contribution is -2.02. The second-order valence-corrected chi connectivity index (χ2v) is 3.69. The zero-order valence-electron chi connectivity index (χ0n) is 8.39. The van der Waals surface area contributed by atoms with Gasteiger partial charge in [-0.05, 0) is 24.0 Å². The van der Waals surface area contributed by atoms with Crippen molar-refractivity contribution in [3.05, 3.63) is 35.5 Å². The SMILES string of the molecule is O=C(O)CCCC1=C2C=CC=CC2N=C1. The Kier molecular flexibility index (Phi) is 2.81. The highest BCUT2D eigenvalue weighted by Crippen LogP contribution is 2.26. The Morgan fingerprint density at radius 2 is 2.33 bits per heavy atom. The topological polar surface area (TPSA) is 49.7 Å². The van der Waals surface area contributed by atoms with Crippen molar-refractivity contribution in [3.8, 4) is 0 Å². The highest BCUT2D eigenvalue weighted by Gasteiger charge is 2.18. The van der Waals surface area contributed by atoms with E-state index >= 15 is 0 Å². The van der Waals surface area contributed by atoms with E-state index in [0.717, 1.165) is 6.42 Å². The summed E-state index contributed by atoms with van der Waals surface area (Å²) in [6.45, 7) is 0. The summed E-state index contributed by atoms with van der Waals surface area (Å²) in [6.07, 6.45) is 11.7. The summed E-state index contributed by atoms with van der Waals surface area (Å²) in [4.78, 5) is 14.7. The fourth-order valence-corrected chi connectivity index (χ4v) is 1.84. The number of fused-ring (bicyclic) bond motifs is 1. The van der Waals surface area contributed by atoms with E-state index in [-0.39, 0.29) is 12.5 Å². The van der Waals surface area contributed by atoms with Gasteiger partial charge >= 0.3 is 5.97 Å². The zero-order valence-corrected chi connectivity index (χ0v) is 8.39. The Balaban J connectivity index is 1.98. The largest absolute Gasteiger partial charge is 0.481 e. The van der Waals surface area contributed by atoms with Crippen molar-refractivity contribution in [3.63, 3.8) is 0 Å². The van der Waals surface area contributed by atoms with Gasteiger partial charge < -0.3 is 5.11 Å². The number of carbonyl (C=O) groups is 1. The van der Waals surface area contributed by atoms with Gasteiger partial charge in [-0.15, -0.1) is 0 Å². The summed E-state index contributed by atoms with van der Waals surface area (Å²) in [5, 5.41) is 8.54. The highest BCUT2D eigenvalue weighted by molar-refractivity contribution is 5.85. The predicted molar refractivity (Wildman–Crippen MR) is 59.1 cm³/mol. The molecule has 1 aliphatic carbocycles. The van der Waals surface area contributed by atoms with Crippen LogP contribution in [0.1, 0.15) is 19.3 Å². The molecule has 0 aromatic heterocycles. The molecule has 15 heavy (non-hydrogen) atoms. The lowest BCUT2D eigenvalue weighted by atomic mass is 9.97. The normalized spacial score (nSPS) is 22.3. The maximum absolute atomic E-state index is 10.4. The summed E-state index contributed by atoms with van der Waals surface area (Å²) in [7, 11) is 0. The number of aliphatic imine (C=N–C) groups is 1. The average molecular weight is 203 g/mol. The number of nitrogens with zero attached hydrogens (tertiary/aromatic N) is 1. The molecule has 2 rings (SSSR count). The zero-order chi connectivity index (χ0) is 10.7. The molecule has 0 aromatic rings. The van der Waals surface area contributed by atoms with Crippen molar-refractivity contribution in [2.75, 3.05) is 0 Å². The van der Waals surface area contributed by atoms with Crippen molar-refractivity contribution in [2.24, 2.45) is 4.99 Å². The number of hydrogen-bond donors (Lipinski definition) is 1. The van der Waals surface area contributed by atoms with Gasteiger partial charge in [0, 0.05) is 12.6 Å². The molecule has 0 spiro atoms. The van der Waals surface area contributed by atoms with Crippen LogP contribution in [-0.2, 0) is 4.79 Å². The van der Waals surface area contributed by atoms with Gasteiger partial charge in [0.1, 0.15) is 0 Å². The van der Waals surface area contributed by atoms with Crippen molar-refractivity contribution in [1.82, 2.24) is 0 Å². The van der Waals surface area contributed by atoms with Crippen LogP contribution in [0.2, 0.25) is 0 Å². The van der Waals surface area contributed by atoms with E-state index < -0.39 is 5.97 Å². The van der Waals surface area contributed by atoms with Gasteiger partial charge in [0.2, 0.25) is 0 Å². The molecule has 0 fully saturated rings. The number of aliphatic carboxylic acids is 1. The van der Waals surface area contributed by atoms with Crippen molar-refractivity contribution >= 4 is 12.2 Å². The molecular weight excluding hydrogens is 190 g/mol. The van der Waals surface area contributed by atoms with Gasteiger partial charge in [-0.3, -0.25) is 9.79 Å². The summed E-state index contributed by atoms with van der Waals surface area (Å²) < 4.78 is 0. The first-order valence-corrected chi connectivity index (χ1v) is 5.10. The monoisotopic (exact) mass is 203 g/mol. The number of rotatable bonds is 4. The quantitative estimate of drug-likeness (QED) is 0.760. The molecule has 3 nitrogen and oxygen atoms in total. The molecular formula is C12H13NO2. The van der Waals surface area contributed by atoms with E-state index in [0.29, 0.717) is 6.42 Å². The Morgan fingerprint density at radius 3 is 3.13 bits per heavy atom. The first-order chi connectivity index (χ1) is 7.27. The minimum absolute atomic E-state index is 0.176. The van der Waals surface area contributed by atoms with Crippen LogP contribution in [0, 0.1) is 0 Å². The summed E-state index contributed by atoms with van der Waals surface area (Å²) in [5.41, 5.74) is 2.41. The summed E-state index contributed by atoms with van der Waals surface area (Å²) >= 11 is 0. The molecule has 1 heterocycles. The third kappa shape index (κ3) is 2.24. The highest BCUT2D eigenvalue weighted by atomic mass is 16.4. The average Bonchev–Trinajstić information content (AvgIpc) is 2.62. The molecule has 0 amide bonds. The van der Waals surface area contributed by atoms with E-state index in [9.17, 15) is 4.79 Å². The van der Waals surface area contributed by atoms with Crippen molar-refractivity contribution < 1.29 is 9.90 Å². The fraction of sp³-hybridized carbons (Fsp3) is 0.333. The standard InChI is InChI=1S/C12H13NO2/c14-12(15)7-3-4-9-8-13-11-6-2-1-5-10(9)11/h1-2,5-6,8,11H,3-4,7H2,(H,14,15). The Bertz CT molecular complexity index is 388. The van der Waals surface area contributed by atoms with Crippen LogP contribution in [0.15, 0.2) is 40.4 Å². The van der Waals surface area contributed by atoms with E-state index in [2.05, 4.69) is 17.1 Å². The smallest absolute Gasteiger partial charge is 0.303 e.